The molecule has 0 fully saturated rings. The number of para-hydroxylation sites is 1. The Bertz CT molecular complexity index is 1150. The minimum absolute atomic E-state index is 0.302. The van der Waals surface area contributed by atoms with Crippen LogP contribution < -0.4 is 19.5 Å². The van der Waals surface area contributed by atoms with Crippen molar-refractivity contribution in [3.8, 4) is 23.3 Å². The summed E-state index contributed by atoms with van der Waals surface area (Å²) in [5.74, 6) is 2.84. The number of ether oxygens (including phenoxy) is 4. The Kier molecular flexibility index (Phi) is 6.44. The molecule has 1 heterocycles. The third kappa shape index (κ3) is 5.21. The Labute approximate surface area is 180 Å². The summed E-state index contributed by atoms with van der Waals surface area (Å²) < 4.78 is 21.8. The summed E-state index contributed by atoms with van der Waals surface area (Å²) in [5.41, 5.74) is 1.66. The van der Waals surface area contributed by atoms with E-state index in [1.165, 1.54) is 0 Å². The molecule has 4 aromatic rings. The van der Waals surface area contributed by atoms with Crippen molar-refractivity contribution in [2.45, 2.75) is 0 Å². The van der Waals surface area contributed by atoms with Gasteiger partial charge in [0.1, 0.15) is 29.7 Å². The monoisotopic (exact) mass is 417 g/mol. The van der Waals surface area contributed by atoms with E-state index in [1.807, 2.05) is 72.8 Å². The number of hydrogen-bond acceptors (Lipinski definition) is 7. The van der Waals surface area contributed by atoms with Crippen LogP contribution in [0.15, 0.2) is 72.8 Å². The lowest BCUT2D eigenvalue weighted by molar-refractivity contribution is 0.141. The van der Waals surface area contributed by atoms with Gasteiger partial charge in [0.25, 0.3) is 0 Å². The van der Waals surface area contributed by atoms with Gasteiger partial charge < -0.3 is 24.3 Å². The van der Waals surface area contributed by atoms with Crippen LogP contribution in [0.4, 0.5) is 11.5 Å². The van der Waals surface area contributed by atoms with Crippen molar-refractivity contribution in [1.29, 1.82) is 0 Å². The molecule has 31 heavy (non-hydrogen) atoms. The number of nitrogens with one attached hydrogen (secondary N) is 1. The van der Waals surface area contributed by atoms with Crippen molar-refractivity contribution in [3.63, 3.8) is 0 Å². The van der Waals surface area contributed by atoms with E-state index < -0.39 is 0 Å². The zero-order chi connectivity index (χ0) is 21.5. The Morgan fingerprint density at radius 3 is 2.39 bits per heavy atom. The molecule has 158 valence electrons. The molecule has 1 aromatic heterocycles. The second-order valence-corrected chi connectivity index (χ2v) is 6.64. The minimum atomic E-state index is 0.302. The van der Waals surface area contributed by atoms with Gasteiger partial charge in [-0.2, -0.15) is 9.97 Å². The van der Waals surface area contributed by atoms with Gasteiger partial charge in [-0.3, -0.25) is 0 Å². The topological polar surface area (TPSA) is 74.7 Å². The molecular formula is C24H23N3O4. The molecule has 1 N–H and O–H groups in total. The summed E-state index contributed by atoms with van der Waals surface area (Å²) in [6.07, 6.45) is 0. The van der Waals surface area contributed by atoms with Crippen LogP contribution in [-0.2, 0) is 4.74 Å². The second-order valence-electron chi connectivity index (χ2n) is 6.64. The van der Waals surface area contributed by atoms with Crippen LogP contribution in [0.5, 0.6) is 23.3 Å². The van der Waals surface area contributed by atoms with E-state index in [0.717, 1.165) is 28.1 Å². The fourth-order valence-electron chi connectivity index (χ4n) is 2.98. The van der Waals surface area contributed by atoms with Gasteiger partial charge >= 0.3 is 6.01 Å². The van der Waals surface area contributed by atoms with Crippen molar-refractivity contribution in [2.24, 2.45) is 0 Å². The number of benzene rings is 3. The number of anilines is 2. The lowest BCUT2D eigenvalue weighted by Gasteiger charge is -2.12. The van der Waals surface area contributed by atoms with E-state index in [-0.39, 0.29) is 0 Å². The summed E-state index contributed by atoms with van der Waals surface area (Å²) >= 11 is 0. The number of rotatable bonds is 9. The molecule has 0 saturated heterocycles. The van der Waals surface area contributed by atoms with Crippen LogP contribution in [-0.4, -0.2) is 37.4 Å². The van der Waals surface area contributed by atoms with Crippen molar-refractivity contribution in [2.75, 3.05) is 32.8 Å². The smallest absolute Gasteiger partial charge is 0.319 e. The van der Waals surface area contributed by atoms with E-state index in [4.69, 9.17) is 18.9 Å². The number of hydrogen-bond donors (Lipinski definition) is 1. The lowest BCUT2D eigenvalue weighted by Crippen LogP contribution is -2.08. The molecule has 0 atom stereocenters. The van der Waals surface area contributed by atoms with Crippen molar-refractivity contribution in [1.82, 2.24) is 9.97 Å². The first kappa shape index (κ1) is 20.4. The van der Waals surface area contributed by atoms with E-state index in [0.29, 0.717) is 30.8 Å². The molecule has 0 bridgehead atoms. The average molecular weight is 417 g/mol. The van der Waals surface area contributed by atoms with E-state index in [9.17, 15) is 0 Å². The van der Waals surface area contributed by atoms with Gasteiger partial charge in [-0.1, -0.05) is 18.2 Å². The van der Waals surface area contributed by atoms with Gasteiger partial charge in [-0.25, -0.2) is 0 Å². The SMILES string of the molecule is COCCOc1nc(Nc2ccc(Oc3cccc(OC)c3)cc2)c2ccccc2n1. The highest BCUT2D eigenvalue weighted by molar-refractivity contribution is 5.91. The van der Waals surface area contributed by atoms with Crippen molar-refractivity contribution < 1.29 is 18.9 Å². The highest BCUT2D eigenvalue weighted by Gasteiger charge is 2.09. The third-order valence-electron chi connectivity index (χ3n) is 4.50. The standard InChI is InChI=1S/C24H23N3O4/c1-28-14-15-30-24-26-22-9-4-3-8-21(22)23(27-24)25-17-10-12-18(13-11-17)31-20-7-5-6-19(16-20)29-2/h3-13,16H,14-15H2,1-2H3,(H,25,26,27). The summed E-state index contributed by atoms with van der Waals surface area (Å²) in [5, 5.41) is 4.25. The minimum Gasteiger partial charge on any atom is -0.497 e. The average Bonchev–Trinajstić information content (AvgIpc) is 2.81. The first-order chi connectivity index (χ1) is 15.2. The predicted molar refractivity (Wildman–Crippen MR) is 120 cm³/mol. The van der Waals surface area contributed by atoms with Crippen LogP contribution in [0.1, 0.15) is 0 Å². The van der Waals surface area contributed by atoms with Crippen molar-refractivity contribution in [3.05, 3.63) is 72.8 Å². The number of fused-ring (bicyclic) bond motifs is 1. The highest BCUT2D eigenvalue weighted by atomic mass is 16.5. The van der Waals surface area contributed by atoms with Gasteiger partial charge in [0, 0.05) is 24.2 Å². The maximum absolute atomic E-state index is 5.91. The Morgan fingerprint density at radius 1 is 0.774 bits per heavy atom. The molecule has 4 rings (SSSR count). The first-order valence-electron chi connectivity index (χ1n) is 9.82. The lowest BCUT2D eigenvalue weighted by atomic mass is 10.2. The molecular weight excluding hydrogens is 394 g/mol. The highest BCUT2D eigenvalue weighted by Crippen LogP contribution is 2.29. The zero-order valence-electron chi connectivity index (χ0n) is 17.4. The van der Waals surface area contributed by atoms with Crippen LogP contribution in [0.25, 0.3) is 10.9 Å². The maximum Gasteiger partial charge on any atom is 0.319 e. The molecule has 0 aliphatic carbocycles. The Hall–Kier alpha value is -3.84. The van der Waals surface area contributed by atoms with Gasteiger partial charge in [-0.05, 0) is 48.5 Å². The number of aromatic nitrogens is 2. The zero-order valence-corrected chi connectivity index (χ0v) is 17.4. The molecule has 0 spiro atoms. The Balaban J connectivity index is 1.53. The normalized spacial score (nSPS) is 10.6. The summed E-state index contributed by atoms with van der Waals surface area (Å²) in [7, 11) is 3.25. The second kappa shape index (κ2) is 9.77. The van der Waals surface area contributed by atoms with Gasteiger partial charge in [0.05, 0.1) is 19.2 Å². The predicted octanol–water partition coefficient (Wildman–Crippen LogP) is 5.20. The van der Waals surface area contributed by atoms with E-state index in [2.05, 4.69) is 15.3 Å². The summed E-state index contributed by atoms with van der Waals surface area (Å²) in [4.78, 5) is 9.00. The Morgan fingerprint density at radius 2 is 1.58 bits per heavy atom. The van der Waals surface area contributed by atoms with Crippen LogP contribution in [0.3, 0.4) is 0 Å². The van der Waals surface area contributed by atoms with Crippen molar-refractivity contribution >= 4 is 22.4 Å². The molecule has 0 radical (unpaired) electrons. The van der Waals surface area contributed by atoms with Crippen LogP contribution in [0, 0.1) is 0 Å². The van der Waals surface area contributed by atoms with E-state index >= 15 is 0 Å². The molecule has 7 heteroatoms. The molecule has 0 aliphatic heterocycles. The summed E-state index contributed by atoms with van der Waals surface area (Å²) in [6.45, 7) is 0.846. The summed E-state index contributed by atoms with van der Waals surface area (Å²) in [6, 6.07) is 23.2. The molecule has 0 saturated carbocycles. The quantitative estimate of drug-likeness (QED) is 0.375. The molecule has 7 nitrogen and oxygen atoms in total. The third-order valence-corrected chi connectivity index (χ3v) is 4.50. The fourth-order valence-corrected chi connectivity index (χ4v) is 2.98. The fraction of sp³-hybridized carbons (Fsp3) is 0.167. The first-order valence-corrected chi connectivity index (χ1v) is 9.82. The van der Waals surface area contributed by atoms with Crippen LogP contribution in [0.2, 0.25) is 0 Å². The maximum atomic E-state index is 5.91. The molecule has 0 aliphatic rings. The number of methoxy groups -OCH3 is 2. The molecule has 0 unspecified atom stereocenters. The molecule has 0 amide bonds. The number of nitrogens with zero attached hydrogens (tertiary/aromatic N) is 2. The van der Waals surface area contributed by atoms with Crippen LogP contribution >= 0.6 is 0 Å². The largest absolute Gasteiger partial charge is 0.497 e. The van der Waals surface area contributed by atoms with Gasteiger partial charge in [0.2, 0.25) is 0 Å². The molecule has 3 aromatic carbocycles. The van der Waals surface area contributed by atoms with Gasteiger partial charge in [0.15, 0.2) is 0 Å². The van der Waals surface area contributed by atoms with Gasteiger partial charge in [-0.15, -0.1) is 0 Å². The van der Waals surface area contributed by atoms with E-state index in [1.54, 1.807) is 14.2 Å².